The molecule has 2 aromatic heterocycles. The van der Waals surface area contributed by atoms with Gasteiger partial charge in [0.05, 0.1) is 5.69 Å². The largest absolute Gasteiger partial charge is 0.354 e. The second kappa shape index (κ2) is 5.40. The molecule has 0 spiro atoms. The Morgan fingerprint density at radius 3 is 2.29 bits per heavy atom. The molecule has 6 nitrogen and oxygen atoms in total. The Kier molecular flexibility index (Phi) is 3.18. The molecule has 2 aliphatic heterocycles. The minimum atomic E-state index is 0.666. The average molecular weight is 322 g/mol. The SMILES string of the molecule is Cc1ccnc(N2CC3CN(c4ccc(C5CC5)nn4)CC3C2)n1. The molecule has 3 aliphatic rings. The summed E-state index contributed by atoms with van der Waals surface area (Å²) in [5.74, 6) is 3.92. The zero-order valence-electron chi connectivity index (χ0n) is 14.0. The van der Waals surface area contributed by atoms with Crippen LogP contribution < -0.4 is 9.80 Å². The number of rotatable bonds is 3. The lowest BCUT2D eigenvalue weighted by molar-refractivity contribution is 0.533. The summed E-state index contributed by atoms with van der Waals surface area (Å²) in [6, 6.07) is 6.27. The summed E-state index contributed by atoms with van der Waals surface area (Å²) in [5.41, 5.74) is 2.20. The lowest BCUT2D eigenvalue weighted by atomic mass is 10.0. The number of anilines is 2. The first-order valence-electron chi connectivity index (χ1n) is 8.89. The van der Waals surface area contributed by atoms with Gasteiger partial charge < -0.3 is 9.80 Å². The Bertz CT molecular complexity index is 727. The molecule has 0 N–H and O–H groups in total. The molecule has 4 heterocycles. The molecule has 1 saturated carbocycles. The van der Waals surface area contributed by atoms with Crippen molar-refractivity contribution in [1.82, 2.24) is 20.2 Å². The smallest absolute Gasteiger partial charge is 0.225 e. The van der Waals surface area contributed by atoms with E-state index >= 15 is 0 Å². The van der Waals surface area contributed by atoms with Gasteiger partial charge in [0, 0.05) is 55.8 Å². The van der Waals surface area contributed by atoms with E-state index < -0.39 is 0 Å². The molecule has 1 aliphatic carbocycles. The monoisotopic (exact) mass is 322 g/mol. The van der Waals surface area contributed by atoms with Gasteiger partial charge >= 0.3 is 0 Å². The number of nitrogens with zero attached hydrogens (tertiary/aromatic N) is 6. The van der Waals surface area contributed by atoms with Gasteiger partial charge in [-0.3, -0.25) is 0 Å². The van der Waals surface area contributed by atoms with Crippen molar-refractivity contribution in [2.24, 2.45) is 11.8 Å². The van der Waals surface area contributed by atoms with Crippen LogP contribution in [-0.4, -0.2) is 46.3 Å². The molecule has 2 unspecified atom stereocenters. The van der Waals surface area contributed by atoms with Crippen molar-refractivity contribution in [1.29, 1.82) is 0 Å². The highest BCUT2D eigenvalue weighted by Crippen LogP contribution is 2.39. The molecule has 0 bridgehead atoms. The molecule has 3 fully saturated rings. The summed E-state index contributed by atoms with van der Waals surface area (Å²) >= 11 is 0. The van der Waals surface area contributed by atoms with E-state index in [2.05, 4.69) is 42.1 Å². The predicted molar refractivity (Wildman–Crippen MR) is 92.2 cm³/mol. The van der Waals surface area contributed by atoms with Crippen LogP contribution in [0.1, 0.15) is 30.1 Å². The maximum atomic E-state index is 4.57. The van der Waals surface area contributed by atoms with E-state index in [9.17, 15) is 0 Å². The van der Waals surface area contributed by atoms with Crippen LogP contribution >= 0.6 is 0 Å². The van der Waals surface area contributed by atoms with Crippen molar-refractivity contribution in [3.63, 3.8) is 0 Å². The Morgan fingerprint density at radius 2 is 1.67 bits per heavy atom. The predicted octanol–water partition coefficient (Wildman–Crippen LogP) is 2.03. The molecule has 6 heteroatoms. The third-order valence-electron chi connectivity index (χ3n) is 5.54. The van der Waals surface area contributed by atoms with Crippen molar-refractivity contribution < 1.29 is 0 Å². The van der Waals surface area contributed by atoms with Crippen molar-refractivity contribution in [3.05, 3.63) is 35.8 Å². The van der Waals surface area contributed by atoms with Crippen LogP contribution in [0.5, 0.6) is 0 Å². The topological polar surface area (TPSA) is 58.0 Å². The highest BCUT2D eigenvalue weighted by Gasteiger charge is 2.41. The molecule has 5 rings (SSSR count). The molecule has 0 radical (unpaired) electrons. The Hall–Kier alpha value is -2.24. The van der Waals surface area contributed by atoms with Crippen LogP contribution in [0.2, 0.25) is 0 Å². The minimum absolute atomic E-state index is 0.666. The van der Waals surface area contributed by atoms with Crippen LogP contribution in [0.25, 0.3) is 0 Å². The quantitative estimate of drug-likeness (QED) is 0.862. The zero-order valence-corrected chi connectivity index (χ0v) is 14.0. The van der Waals surface area contributed by atoms with Gasteiger partial charge in [-0.25, -0.2) is 9.97 Å². The van der Waals surface area contributed by atoms with Crippen LogP contribution in [0, 0.1) is 18.8 Å². The zero-order chi connectivity index (χ0) is 16.1. The van der Waals surface area contributed by atoms with Crippen molar-refractivity contribution in [2.45, 2.75) is 25.7 Å². The van der Waals surface area contributed by atoms with Crippen LogP contribution in [-0.2, 0) is 0 Å². The maximum Gasteiger partial charge on any atom is 0.225 e. The molecular weight excluding hydrogens is 300 g/mol. The lowest BCUT2D eigenvalue weighted by Crippen LogP contribution is -2.30. The third-order valence-corrected chi connectivity index (χ3v) is 5.54. The summed E-state index contributed by atoms with van der Waals surface area (Å²) in [6.45, 7) is 6.22. The molecule has 2 atom stereocenters. The molecule has 24 heavy (non-hydrogen) atoms. The summed E-state index contributed by atoms with van der Waals surface area (Å²) in [6.07, 6.45) is 4.41. The standard InChI is InChI=1S/C18H22N6/c1-12-6-7-19-18(20-12)24-10-14-8-23(9-15(14)11-24)17-5-4-16(21-22-17)13-2-3-13/h4-7,13-15H,2-3,8-11H2,1H3. The number of aromatic nitrogens is 4. The first kappa shape index (κ1) is 14.1. The minimum Gasteiger partial charge on any atom is -0.354 e. The molecular formula is C18H22N6. The van der Waals surface area contributed by atoms with Gasteiger partial charge in [0.25, 0.3) is 0 Å². The average Bonchev–Trinajstić information content (AvgIpc) is 3.25. The molecule has 2 saturated heterocycles. The highest BCUT2D eigenvalue weighted by atomic mass is 15.3. The van der Waals surface area contributed by atoms with Crippen molar-refractivity contribution in [2.75, 3.05) is 36.0 Å². The Labute approximate surface area is 141 Å². The van der Waals surface area contributed by atoms with Crippen LogP contribution in [0.4, 0.5) is 11.8 Å². The summed E-state index contributed by atoms with van der Waals surface area (Å²) in [5, 5.41) is 8.90. The van der Waals surface area contributed by atoms with Crippen molar-refractivity contribution in [3.8, 4) is 0 Å². The van der Waals surface area contributed by atoms with Gasteiger partial charge in [-0.2, -0.15) is 5.10 Å². The number of hydrogen-bond donors (Lipinski definition) is 0. The van der Waals surface area contributed by atoms with Gasteiger partial charge in [0.2, 0.25) is 5.95 Å². The van der Waals surface area contributed by atoms with Gasteiger partial charge in [-0.1, -0.05) is 0 Å². The van der Waals surface area contributed by atoms with E-state index in [0.29, 0.717) is 17.8 Å². The fourth-order valence-corrected chi connectivity index (χ4v) is 4.03. The molecule has 0 amide bonds. The van der Waals surface area contributed by atoms with Crippen LogP contribution in [0.15, 0.2) is 24.4 Å². The van der Waals surface area contributed by atoms with Gasteiger partial charge in [-0.15, -0.1) is 5.10 Å². The molecule has 2 aromatic rings. The lowest BCUT2D eigenvalue weighted by Gasteiger charge is -2.22. The number of aryl methyl sites for hydroxylation is 1. The van der Waals surface area contributed by atoms with Gasteiger partial charge in [-0.05, 0) is 38.0 Å². The molecule has 0 aromatic carbocycles. The second-order valence-corrected chi connectivity index (χ2v) is 7.42. The second-order valence-electron chi connectivity index (χ2n) is 7.42. The summed E-state index contributed by atoms with van der Waals surface area (Å²) < 4.78 is 0. The van der Waals surface area contributed by atoms with E-state index in [4.69, 9.17) is 0 Å². The summed E-state index contributed by atoms with van der Waals surface area (Å²) in [7, 11) is 0. The van der Waals surface area contributed by atoms with E-state index in [-0.39, 0.29) is 0 Å². The number of fused-ring (bicyclic) bond motifs is 1. The van der Waals surface area contributed by atoms with Crippen molar-refractivity contribution >= 4 is 11.8 Å². The number of hydrogen-bond acceptors (Lipinski definition) is 6. The Morgan fingerprint density at radius 1 is 0.917 bits per heavy atom. The maximum absolute atomic E-state index is 4.57. The normalized spacial score (nSPS) is 26.0. The first-order valence-corrected chi connectivity index (χ1v) is 8.89. The van der Waals surface area contributed by atoms with Crippen LogP contribution in [0.3, 0.4) is 0 Å². The van der Waals surface area contributed by atoms with Gasteiger partial charge in [0.15, 0.2) is 5.82 Å². The van der Waals surface area contributed by atoms with E-state index in [0.717, 1.165) is 43.6 Å². The Balaban J connectivity index is 1.26. The fraction of sp³-hybridized carbons (Fsp3) is 0.556. The summed E-state index contributed by atoms with van der Waals surface area (Å²) in [4.78, 5) is 13.7. The van der Waals surface area contributed by atoms with E-state index in [1.165, 1.54) is 18.5 Å². The molecule has 124 valence electrons. The first-order chi connectivity index (χ1) is 11.8. The van der Waals surface area contributed by atoms with E-state index in [1.807, 2.05) is 19.2 Å². The fourth-order valence-electron chi connectivity index (χ4n) is 4.03. The third kappa shape index (κ3) is 2.50. The highest BCUT2D eigenvalue weighted by molar-refractivity contribution is 5.42. The van der Waals surface area contributed by atoms with Gasteiger partial charge in [0.1, 0.15) is 0 Å². The van der Waals surface area contributed by atoms with E-state index in [1.54, 1.807) is 0 Å².